The summed E-state index contributed by atoms with van der Waals surface area (Å²) in [6.07, 6.45) is 0.637. The van der Waals surface area contributed by atoms with Gasteiger partial charge in [0.25, 0.3) is 5.91 Å². The van der Waals surface area contributed by atoms with E-state index in [-0.39, 0.29) is 5.91 Å². The van der Waals surface area contributed by atoms with Gasteiger partial charge in [0.05, 0.1) is 14.8 Å². The number of amides is 1. The molecule has 0 aliphatic carbocycles. The Balaban J connectivity index is 2.10. The molecule has 1 aromatic rings. The van der Waals surface area contributed by atoms with Gasteiger partial charge in [-0.1, -0.05) is 11.6 Å². The van der Waals surface area contributed by atoms with Crippen LogP contribution in [-0.4, -0.2) is 34.6 Å². The van der Waals surface area contributed by atoms with Crippen LogP contribution in [0.4, 0.5) is 0 Å². The van der Waals surface area contributed by atoms with Gasteiger partial charge in [-0.2, -0.15) is 0 Å². The zero-order valence-corrected chi connectivity index (χ0v) is 9.94. The Morgan fingerprint density at radius 2 is 2.40 bits per heavy atom. The maximum Gasteiger partial charge on any atom is 0.264 e. The second kappa shape index (κ2) is 3.77. The molecule has 1 unspecified atom stereocenters. The minimum atomic E-state index is -0.739. The van der Waals surface area contributed by atoms with Crippen LogP contribution in [0.5, 0.6) is 0 Å². The van der Waals surface area contributed by atoms with E-state index in [1.165, 1.54) is 11.3 Å². The first kappa shape index (κ1) is 10.9. The van der Waals surface area contributed by atoms with Crippen LogP contribution in [-0.2, 0) is 0 Å². The van der Waals surface area contributed by atoms with E-state index in [1.54, 1.807) is 24.0 Å². The summed E-state index contributed by atoms with van der Waals surface area (Å²) in [5.74, 6) is -0.0373. The fourth-order valence-corrected chi connectivity index (χ4v) is 2.71. The van der Waals surface area contributed by atoms with E-state index in [0.717, 1.165) is 0 Å². The fraction of sp³-hybridized carbons (Fsp3) is 0.500. The highest BCUT2D eigenvalue weighted by Crippen LogP contribution is 2.26. The zero-order chi connectivity index (χ0) is 11.1. The monoisotopic (exact) mass is 245 g/mol. The van der Waals surface area contributed by atoms with E-state index in [4.69, 9.17) is 11.6 Å². The minimum Gasteiger partial charge on any atom is -0.388 e. The van der Waals surface area contributed by atoms with E-state index in [9.17, 15) is 9.90 Å². The molecule has 0 bridgehead atoms. The first-order valence-corrected chi connectivity index (χ1v) is 5.94. The molecule has 1 saturated heterocycles. The molecule has 1 aromatic heterocycles. The van der Waals surface area contributed by atoms with Crippen molar-refractivity contribution < 1.29 is 9.90 Å². The Kier molecular flexibility index (Phi) is 2.75. The molecule has 2 rings (SSSR count). The summed E-state index contributed by atoms with van der Waals surface area (Å²) in [6, 6.07) is 3.44. The topological polar surface area (TPSA) is 40.5 Å². The van der Waals surface area contributed by atoms with Crippen molar-refractivity contribution in [3.8, 4) is 0 Å². The first-order valence-electron chi connectivity index (χ1n) is 4.75. The normalized spacial score (nSPS) is 25.9. The van der Waals surface area contributed by atoms with Crippen molar-refractivity contribution in [1.82, 2.24) is 4.90 Å². The predicted molar refractivity (Wildman–Crippen MR) is 60.5 cm³/mol. The standard InChI is InChI=1S/C10H12ClNO2S/c1-10(14)4-5-12(6-10)9(13)7-2-3-8(11)15-7/h2-3,14H,4-6H2,1H3. The molecule has 15 heavy (non-hydrogen) atoms. The average Bonchev–Trinajstić information content (AvgIpc) is 2.71. The van der Waals surface area contributed by atoms with E-state index >= 15 is 0 Å². The van der Waals surface area contributed by atoms with E-state index in [2.05, 4.69) is 0 Å². The molecule has 0 spiro atoms. The number of carbonyl (C=O) groups excluding carboxylic acids is 1. The summed E-state index contributed by atoms with van der Waals surface area (Å²) in [4.78, 5) is 14.2. The summed E-state index contributed by atoms with van der Waals surface area (Å²) in [6.45, 7) is 2.77. The number of nitrogens with zero attached hydrogens (tertiary/aromatic N) is 1. The molecule has 1 aliphatic rings. The molecule has 82 valence electrons. The molecule has 5 heteroatoms. The third-order valence-electron chi connectivity index (χ3n) is 2.52. The maximum atomic E-state index is 11.9. The Morgan fingerprint density at radius 3 is 2.87 bits per heavy atom. The number of carbonyl (C=O) groups is 1. The molecule has 0 radical (unpaired) electrons. The van der Waals surface area contributed by atoms with Gasteiger partial charge in [0, 0.05) is 13.1 Å². The first-order chi connectivity index (χ1) is 6.98. The maximum absolute atomic E-state index is 11.9. The van der Waals surface area contributed by atoms with Crippen molar-refractivity contribution in [2.24, 2.45) is 0 Å². The second-order valence-electron chi connectivity index (χ2n) is 4.08. The van der Waals surface area contributed by atoms with E-state index < -0.39 is 5.60 Å². The van der Waals surface area contributed by atoms with Crippen LogP contribution >= 0.6 is 22.9 Å². The predicted octanol–water partition coefficient (Wildman–Crippen LogP) is 2.00. The molecule has 1 amide bonds. The SMILES string of the molecule is CC1(O)CCN(C(=O)c2ccc(Cl)s2)C1. The quantitative estimate of drug-likeness (QED) is 0.822. The molecule has 0 saturated carbocycles. The largest absolute Gasteiger partial charge is 0.388 e. The average molecular weight is 246 g/mol. The highest BCUT2D eigenvalue weighted by molar-refractivity contribution is 7.17. The van der Waals surface area contributed by atoms with Crippen LogP contribution in [0, 0.1) is 0 Å². The Hall–Kier alpha value is -0.580. The van der Waals surface area contributed by atoms with Gasteiger partial charge in [-0.3, -0.25) is 4.79 Å². The Bertz CT molecular complexity index is 389. The number of hydrogen-bond acceptors (Lipinski definition) is 3. The molecular weight excluding hydrogens is 234 g/mol. The number of halogens is 1. The number of hydrogen-bond donors (Lipinski definition) is 1. The van der Waals surface area contributed by atoms with Crippen molar-refractivity contribution in [3.63, 3.8) is 0 Å². The number of aliphatic hydroxyl groups is 1. The molecule has 1 N–H and O–H groups in total. The van der Waals surface area contributed by atoms with Crippen LogP contribution in [0.25, 0.3) is 0 Å². The highest BCUT2D eigenvalue weighted by Gasteiger charge is 2.34. The van der Waals surface area contributed by atoms with Crippen LogP contribution < -0.4 is 0 Å². The minimum absolute atomic E-state index is 0.0373. The van der Waals surface area contributed by atoms with E-state index in [1.807, 2.05) is 0 Å². The van der Waals surface area contributed by atoms with Crippen LogP contribution in [0.3, 0.4) is 0 Å². The summed E-state index contributed by atoms with van der Waals surface area (Å²) < 4.78 is 0.615. The highest BCUT2D eigenvalue weighted by atomic mass is 35.5. The smallest absolute Gasteiger partial charge is 0.264 e. The van der Waals surface area contributed by atoms with Gasteiger partial charge in [-0.05, 0) is 25.5 Å². The number of β-amino-alcohol motifs (C(OH)–C–C–N with tert-alkyl or cyclic N) is 1. The van der Waals surface area contributed by atoms with Crippen LogP contribution in [0.15, 0.2) is 12.1 Å². The van der Waals surface area contributed by atoms with Crippen molar-refractivity contribution >= 4 is 28.8 Å². The van der Waals surface area contributed by atoms with Gasteiger partial charge < -0.3 is 10.0 Å². The fourth-order valence-electron chi connectivity index (χ4n) is 1.70. The molecular formula is C10H12ClNO2S. The Morgan fingerprint density at radius 1 is 1.67 bits per heavy atom. The second-order valence-corrected chi connectivity index (χ2v) is 5.79. The number of likely N-dealkylation sites (tertiary alicyclic amines) is 1. The van der Waals surface area contributed by atoms with E-state index in [0.29, 0.717) is 28.7 Å². The molecule has 2 heterocycles. The summed E-state index contributed by atoms with van der Waals surface area (Å²) in [5, 5.41) is 9.75. The third kappa shape index (κ3) is 2.33. The lowest BCUT2D eigenvalue weighted by Gasteiger charge is -2.18. The lowest BCUT2D eigenvalue weighted by atomic mass is 10.1. The van der Waals surface area contributed by atoms with Crippen LogP contribution in [0.1, 0.15) is 23.0 Å². The van der Waals surface area contributed by atoms with Gasteiger partial charge in [0.15, 0.2) is 0 Å². The van der Waals surface area contributed by atoms with Gasteiger partial charge >= 0.3 is 0 Å². The molecule has 3 nitrogen and oxygen atoms in total. The number of rotatable bonds is 1. The van der Waals surface area contributed by atoms with Gasteiger partial charge in [-0.15, -0.1) is 11.3 Å². The van der Waals surface area contributed by atoms with Crippen molar-refractivity contribution in [1.29, 1.82) is 0 Å². The molecule has 0 aromatic carbocycles. The Labute approximate surface area is 97.3 Å². The van der Waals surface area contributed by atoms with Crippen molar-refractivity contribution in [3.05, 3.63) is 21.3 Å². The molecule has 1 atom stereocenters. The van der Waals surface area contributed by atoms with Gasteiger partial charge in [0.1, 0.15) is 0 Å². The molecule has 1 fully saturated rings. The van der Waals surface area contributed by atoms with Gasteiger partial charge in [0.2, 0.25) is 0 Å². The van der Waals surface area contributed by atoms with Crippen molar-refractivity contribution in [2.45, 2.75) is 18.9 Å². The lowest BCUT2D eigenvalue weighted by molar-refractivity contribution is 0.0575. The van der Waals surface area contributed by atoms with Gasteiger partial charge in [-0.25, -0.2) is 0 Å². The lowest BCUT2D eigenvalue weighted by Crippen LogP contribution is -2.33. The summed E-state index contributed by atoms with van der Waals surface area (Å²) in [5.41, 5.74) is -0.739. The summed E-state index contributed by atoms with van der Waals surface area (Å²) in [7, 11) is 0. The van der Waals surface area contributed by atoms with Crippen molar-refractivity contribution in [2.75, 3.05) is 13.1 Å². The number of thiophene rings is 1. The molecule has 1 aliphatic heterocycles. The summed E-state index contributed by atoms with van der Waals surface area (Å²) >= 11 is 7.04. The zero-order valence-electron chi connectivity index (χ0n) is 8.36. The van der Waals surface area contributed by atoms with Crippen LogP contribution in [0.2, 0.25) is 4.34 Å². The third-order valence-corrected chi connectivity index (χ3v) is 3.74.